The van der Waals surface area contributed by atoms with Crippen molar-refractivity contribution in [3.05, 3.63) is 42.6 Å². The minimum Gasteiger partial charge on any atom is -0.480 e. The molecule has 1 unspecified atom stereocenters. The van der Waals surface area contributed by atoms with Gasteiger partial charge in [-0.3, -0.25) is 9.69 Å². The molecule has 0 saturated carbocycles. The third-order valence-electron chi connectivity index (χ3n) is 3.71. The largest absolute Gasteiger partial charge is 0.480 e. The molecule has 1 atom stereocenters. The molecule has 1 aromatic carbocycles. The van der Waals surface area contributed by atoms with Gasteiger partial charge in [0.1, 0.15) is 6.04 Å². The molecule has 0 fully saturated rings. The number of amides is 1. The molecule has 5 nitrogen and oxygen atoms in total. The molecule has 6 heteroatoms. The molecule has 1 aliphatic heterocycles. The fourth-order valence-electron chi connectivity index (χ4n) is 2.70. The molecule has 1 aliphatic rings. The number of para-hydroxylation sites is 2. The van der Waals surface area contributed by atoms with Crippen LogP contribution in [0.2, 0.25) is 0 Å². The number of fused-ring (bicyclic) bond motifs is 3. The van der Waals surface area contributed by atoms with Crippen LogP contribution in [0.5, 0.6) is 0 Å². The Labute approximate surface area is 132 Å². The standard InChI is InChI=1S/C16H16N2O3S/c1-2-11(16(20)21)18-13-7-4-3-6-12(13)17-9-5-8-15(17)22-10-14(18)19/h3-9,11H,2,10H2,1H3,(H,20,21). The maximum absolute atomic E-state index is 12.6. The number of benzene rings is 1. The van der Waals surface area contributed by atoms with Gasteiger partial charge in [0, 0.05) is 6.20 Å². The SMILES string of the molecule is CCC(C(=O)O)N1C(=O)CSc2cccn2-c2ccccc21. The van der Waals surface area contributed by atoms with Gasteiger partial charge in [-0.2, -0.15) is 0 Å². The summed E-state index contributed by atoms with van der Waals surface area (Å²) in [6.07, 6.45) is 2.29. The summed E-state index contributed by atoms with van der Waals surface area (Å²) in [5.74, 6) is -0.939. The maximum atomic E-state index is 12.6. The summed E-state index contributed by atoms with van der Waals surface area (Å²) in [6, 6.07) is 10.4. The normalized spacial score (nSPS) is 15.5. The average Bonchev–Trinajstić information content (AvgIpc) is 2.96. The number of anilines is 1. The lowest BCUT2D eigenvalue weighted by Crippen LogP contribution is -2.46. The number of hydrogen-bond donors (Lipinski definition) is 1. The van der Waals surface area contributed by atoms with Crippen molar-refractivity contribution in [2.75, 3.05) is 10.7 Å². The van der Waals surface area contributed by atoms with Gasteiger partial charge in [0.05, 0.1) is 22.2 Å². The Bertz CT molecular complexity index is 726. The highest BCUT2D eigenvalue weighted by atomic mass is 32.2. The van der Waals surface area contributed by atoms with Crippen molar-refractivity contribution in [3.8, 4) is 5.69 Å². The van der Waals surface area contributed by atoms with E-state index in [4.69, 9.17) is 0 Å². The summed E-state index contributed by atoms with van der Waals surface area (Å²) in [6.45, 7) is 1.78. The quantitative estimate of drug-likeness (QED) is 0.946. The third kappa shape index (κ3) is 2.39. The zero-order chi connectivity index (χ0) is 15.7. The minimum absolute atomic E-state index is 0.181. The van der Waals surface area contributed by atoms with E-state index in [2.05, 4.69) is 0 Å². The van der Waals surface area contributed by atoms with Crippen LogP contribution in [0, 0.1) is 0 Å². The van der Waals surface area contributed by atoms with Crippen LogP contribution in [0.4, 0.5) is 5.69 Å². The van der Waals surface area contributed by atoms with E-state index in [9.17, 15) is 14.7 Å². The zero-order valence-electron chi connectivity index (χ0n) is 12.1. The van der Waals surface area contributed by atoms with Crippen LogP contribution in [0.25, 0.3) is 5.69 Å². The van der Waals surface area contributed by atoms with E-state index in [0.29, 0.717) is 12.1 Å². The van der Waals surface area contributed by atoms with Gasteiger partial charge < -0.3 is 9.67 Å². The highest BCUT2D eigenvalue weighted by molar-refractivity contribution is 7.99. The second kappa shape index (κ2) is 5.88. The Balaban J connectivity index is 2.21. The Kier molecular flexibility index (Phi) is 3.94. The van der Waals surface area contributed by atoms with Gasteiger partial charge in [0.25, 0.3) is 0 Å². The first-order valence-electron chi connectivity index (χ1n) is 7.08. The molecule has 0 spiro atoms. The molecule has 2 heterocycles. The number of carbonyl (C=O) groups is 2. The van der Waals surface area contributed by atoms with Crippen molar-refractivity contribution in [1.29, 1.82) is 0 Å². The predicted molar refractivity (Wildman–Crippen MR) is 85.7 cm³/mol. The Morgan fingerprint density at radius 1 is 1.27 bits per heavy atom. The van der Waals surface area contributed by atoms with E-state index in [-0.39, 0.29) is 11.7 Å². The summed E-state index contributed by atoms with van der Waals surface area (Å²) >= 11 is 1.42. The maximum Gasteiger partial charge on any atom is 0.326 e. The summed E-state index contributed by atoms with van der Waals surface area (Å²) in [5, 5.41) is 10.5. The number of thioether (sulfide) groups is 1. The molecule has 22 heavy (non-hydrogen) atoms. The van der Waals surface area contributed by atoms with Crippen LogP contribution in [0.15, 0.2) is 47.6 Å². The van der Waals surface area contributed by atoms with Gasteiger partial charge in [-0.05, 0) is 30.7 Å². The average molecular weight is 316 g/mol. The lowest BCUT2D eigenvalue weighted by molar-refractivity contribution is -0.140. The fraction of sp³-hybridized carbons (Fsp3) is 0.250. The van der Waals surface area contributed by atoms with Crippen molar-refractivity contribution in [2.45, 2.75) is 24.4 Å². The van der Waals surface area contributed by atoms with Crippen LogP contribution < -0.4 is 4.90 Å². The molecule has 0 bridgehead atoms. The van der Waals surface area contributed by atoms with Crippen LogP contribution in [0.3, 0.4) is 0 Å². The zero-order valence-corrected chi connectivity index (χ0v) is 12.9. The number of carboxylic acids is 1. The first-order valence-corrected chi connectivity index (χ1v) is 8.06. The van der Waals surface area contributed by atoms with Gasteiger partial charge in [-0.25, -0.2) is 4.79 Å². The smallest absolute Gasteiger partial charge is 0.326 e. The van der Waals surface area contributed by atoms with Gasteiger partial charge in [-0.15, -0.1) is 0 Å². The van der Waals surface area contributed by atoms with Crippen LogP contribution in [0.1, 0.15) is 13.3 Å². The molecule has 0 saturated heterocycles. The third-order valence-corrected chi connectivity index (χ3v) is 4.73. The molecule has 114 valence electrons. The van der Waals surface area contributed by atoms with Crippen molar-refractivity contribution in [2.24, 2.45) is 0 Å². The highest BCUT2D eigenvalue weighted by Crippen LogP contribution is 2.34. The molecule has 0 aliphatic carbocycles. The topological polar surface area (TPSA) is 62.5 Å². The van der Waals surface area contributed by atoms with Crippen molar-refractivity contribution >= 4 is 29.3 Å². The second-order valence-corrected chi connectivity index (χ2v) is 6.02. The lowest BCUT2D eigenvalue weighted by atomic mass is 10.1. The van der Waals surface area contributed by atoms with Gasteiger partial charge in [0.2, 0.25) is 5.91 Å². The summed E-state index contributed by atoms with van der Waals surface area (Å²) in [5.41, 5.74) is 1.46. The number of carbonyl (C=O) groups excluding carboxylic acids is 1. The van der Waals surface area contributed by atoms with Gasteiger partial charge >= 0.3 is 5.97 Å². The van der Waals surface area contributed by atoms with Crippen molar-refractivity contribution < 1.29 is 14.7 Å². The number of rotatable bonds is 3. The summed E-state index contributed by atoms with van der Waals surface area (Å²) < 4.78 is 1.99. The molecule has 1 N–H and O–H groups in total. The second-order valence-electron chi connectivity index (χ2n) is 5.02. The van der Waals surface area contributed by atoms with E-state index in [0.717, 1.165) is 10.7 Å². The Hall–Kier alpha value is -2.21. The number of nitrogens with zero attached hydrogens (tertiary/aromatic N) is 2. The lowest BCUT2D eigenvalue weighted by Gasteiger charge is -2.32. The van der Waals surface area contributed by atoms with Gasteiger partial charge in [0.15, 0.2) is 0 Å². The molecule has 0 radical (unpaired) electrons. The van der Waals surface area contributed by atoms with E-state index in [1.807, 2.05) is 41.1 Å². The molecular weight excluding hydrogens is 300 g/mol. The fourth-order valence-corrected chi connectivity index (χ4v) is 3.59. The minimum atomic E-state index is -0.982. The van der Waals surface area contributed by atoms with Crippen molar-refractivity contribution in [1.82, 2.24) is 4.57 Å². The molecular formula is C16H16N2O3S. The predicted octanol–water partition coefficient (Wildman–Crippen LogP) is 2.78. The van der Waals surface area contributed by atoms with Crippen LogP contribution >= 0.6 is 11.8 Å². The molecule has 2 aromatic rings. The van der Waals surface area contributed by atoms with Gasteiger partial charge in [-0.1, -0.05) is 30.8 Å². The van der Waals surface area contributed by atoms with Crippen LogP contribution in [-0.4, -0.2) is 33.3 Å². The van der Waals surface area contributed by atoms with Crippen LogP contribution in [-0.2, 0) is 9.59 Å². The monoisotopic (exact) mass is 316 g/mol. The number of carboxylic acid groups (broad SMARTS) is 1. The Morgan fingerprint density at radius 3 is 2.68 bits per heavy atom. The van der Waals surface area contributed by atoms with E-state index < -0.39 is 12.0 Å². The molecule has 3 rings (SSSR count). The highest BCUT2D eigenvalue weighted by Gasteiger charge is 2.32. The first kappa shape index (κ1) is 14.7. The number of hydrogen-bond acceptors (Lipinski definition) is 3. The van der Waals surface area contributed by atoms with E-state index >= 15 is 0 Å². The number of aliphatic carboxylic acids is 1. The first-order chi connectivity index (χ1) is 10.6. The van der Waals surface area contributed by atoms with E-state index in [1.165, 1.54) is 16.7 Å². The molecule has 1 aromatic heterocycles. The molecule has 1 amide bonds. The van der Waals surface area contributed by atoms with E-state index in [1.54, 1.807) is 13.0 Å². The Morgan fingerprint density at radius 2 is 2.00 bits per heavy atom. The number of aromatic nitrogens is 1. The summed E-state index contributed by atoms with van der Waals surface area (Å²) in [4.78, 5) is 25.6. The summed E-state index contributed by atoms with van der Waals surface area (Å²) in [7, 11) is 0. The van der Waals surface area contributed by atoms with Crippen molar-refractivity contribution in [3.63, 3.8) is 0 Å².